The quantitative estimate of drug-likeness (QED) is 0.406. The normalized spacial score (nSPS) is 14.0. The first-order valence-corrected chi connectivity index (χ1v) is 12.1. The average Bonchev–Trinajstić information content (AvgIpc) is 2.82. The summed E-state index contributed by atoms with van der Waals surface area (Å²) in [6.07, 6.45) is 3.00. The molecule has 0 unspecified atom stereocenters. The molecule has 6 rings (SSSR count). The predicted octanol–water partition coefficient (Wildman–Crippen LogP) is 5.02. The van der Waals surface area contributed by atoms with Crippen molar-refractivity contribution in [2.24, 2.45) is 5.41 Å². The van der Waals surface area contributed by atoms with Crippen LogP contribution in [0.5, 0.6) is 0 Å². The van der Waals surface area contributed by atoms with E-state index in [9.17, 15) is 0 Å². The third-order valence-corrected chi connectivity index (χ3v) is 7.23. The highest BCUT2D eigenvalue weighted by atomic mass is 15.1. The molecule has 0 bridgehead atoms. The molecule has 1 aromatic heterocycles. The Kier molecular flexibility index (Phi) is 4.64. The van der Waals surface area contributed by atoms with Crippen LogP contribution >= 0.6 is 0 Å². The van der Waals surface area contributed by atoms with E-state index in [2.05, 4.69) is 117 Å². The second-order valence-electron chi connectivity index (χ2n) is 10.8. The molecule has 34 heavy (non-hydrogen) atoms. The van der Waals surface area contributed by atoms with Crippen molar-refractivity contribution in [3.8, 4) is 11.3 Å². The Hall–Kier alpha value is -3.53. The van der Waals surface area contributed by atoms with Gasteiger partial charge in [0.15, 0.2) is 0 Å². The number of fused-ring (bicyclic) bond motifs is 4. The Morgan fingerprint density at radius 2 is 1.44 bits per heavy atom. The van der Waals surface area contributed by atoms with Gasteiger partial charge < -0.3 is 9.80 Å². The third-order valence-electron chi connectivity index (χ3n) is 7.23. The highest BCUT2D eigenvalue weighted by Gasteiger charge is 2.41. The summed E-state index contributed by atoms with van der Waals surface area (Å²) in [5.74, 6) is 0. The lowest BCUT2D eigenvalue weighted by Crippen LogP contribution is -2.61. The van der Waals surface area contributed by atoms with Crippen LogP contribution in [0.15, 0.2) is 79.0 Å². The smallest absolute Gasteiger partial charge is 0.252 e. The van der Waals surface area contributed by atoms with Crippen molar-refractivity contribution in [1.29, 1.82) is 0 Å². The number of hydrogen-bond acceptors (Lipinski definition) is 3. The van der Waals surface area contributed by atoms with Gasteiger partial charge in [-0.25, -0.2) is 0 Å². The first-order valence-electron chi connectivity index (χ1n) is 12.1. The summed E-state index contributed by atoms with van der Waals surface area (Å²) in [6, 6.07) is 26.7. The Labute approximate surface area is 203 Å². The molecule has 0 atom stereocenters. The highest BCUT2D eigenvalue weighted by molar-refractivity contribution is 7.00. The number of nitrogens with zero attached hydrogens (tertiary/aromatic N) is 3. The lowest BCUT2D eigenvalue weighted by molar-refractivity contribution is 0.411. The van der Waals surface area contributed by atoms with Gasteiger partial charge >= 0.3 is 0 Å². The van der Waals surface area contributed by atoms with Crippen LogP contribution < -0.4 is 26.2 Å². The number of hydrogen-bond donors (Lipinski definition) is 0. The van der Waals surface area contributed by atoms with Gasteiger partial charge in [-0.15, -0.1) is 0 Å². The fraction of sp³-hybridized carbons (Fsp3) is 0.233. The second-order valence-corrected chi connectivity index (χ2v) is 10.8. The zero-order valence-corrected chi connectivity index (χ0v) is 20.6. The molecule has 0 radical (unpaired) electrons. The SMILES string of the molecule is CN1c2ccccc2B2c3cccc(-c4cc(CC(C)(C)C)ccn4)c3N(C)c3cccc1c32. The Bertz CT molecular complexity index is 1420. The summed E-state index contributed by atoms with van der Waals surface area (Å²) in [7, 11) is 4.38. The maximum atomic E-state index is 4.84. The Balaban J connectivity index is 1.59. The number of para-hydroxylation sites is 2. The van der Waals surface area contributed by atoms with Crippen LogP contribution in [0.25, 0.3) is 11.3 Å². The first-order chi connectivity index (χ1) is 16.3. The summed E-state index contributed by atoms with van der Waals surface area (Å²) in [5, 5.41) is 0. The highest BCUT2D eigenvalue weighted by Crippen LogP contribution is 2.39. The van der Waals surface area contributed by atoms with Crippen LogP contribution in [0.2, 0.25) is 0 Å². The zero-order valence-electron chi connectivity index (χ0n) is 20.6. The monoisotopic (exact) mass is 443 g/mol. The maximum Gasteiger partial charge on any atom is 0.252 e. The molecule has 0 saturated heterocycles. The molecule has 3 heterocycles. The van der Waals surface area contributed by atoms with Crippen LogP contribution in [-0.2, 0) is 6.42 Å². The molecule has 4 aromatic rings. The van der Waals surface area contributed by atoms with Crippen molar-refractivity contribution >= 4 is 45.9 Å². The second kappa shape index (κ2) is 7.49. The van der Waals surface area contributed by atoms with Gasteiger partial charge in [0.2, 0.25) is 0 Å². The minimum atomic E-state index is 0.211. The lowest BCUT2D eigenvalue weighted by Gasteiger charge is -2.42. The number of rotatable bonds is 2. The summed E-state index contributed by atoms with van der Waals surface area (Å²) in [5.41, 5.74) is 13.0. The molecular formula is C30H30BN3. The van der Waals surface area contributed by atoms with Gasteiger partial charge in [-0.3, -0.25) is 4.98 Å². The van der Waals surface area contributed by atoms with Gasteiger partial charge in [-0.05, 0) is 64.1 Å². The lowest BCUT2D eigenvalue weighted by atomic mass is 9.33. The van der Waals surface area contributed by atoms with Crippen molar-refractivity contribution in [3.63, 3.8) is 0 Å². The van der Waals surface area contributed by atoms with Crippen LogP contribution in [0.4, 0.5) is 22.7 Å². The van der Waals surface area contributed by atoms with Gasteiger partial charge in [0.05, 0.1) is 5.69 Å². The molecule has 0 amide bonds. The fourth-order valence-electron chi connectivity index (χ4n) is 5.91. The molecule has 0 spiro atoms. The number of pyridine rings is 1. The van der Waals surface area contributed by atoms with Gasteiger partial charge in [0.25, 0.3) is 6.71 Å². The maximum absolute atomic E-state index is 4.84. The van der Waals surface area contributed by atoms with Crippen molar-refractivity contribution in [1.82, 2.24) is 4.98 Å². The van der Waals surface area contributed by atoms with E-state index in [1.807, 2.05) is 6.20 Å². The third kappa shape index (κ3) is 3.16. The van der Waals surface area contributed by atoms with Crippen LogP contribution in [0.1, 0.15) is 26.3 Å². The molecule has 0 aliphatic carbocycles. The average molecular weight is 443 g/mol. The summed E-state index contributed by atoms with van der Waals surface area (Å²) in [4.78, 5) is 9.56. The number of anilines is 4. The number of aromatic nitrogens is 1. The van der Waals surface area contributed by atoms with Crippen molar-refractivity contribution in [2.75, 3.05) is 23.9 Å². The topological polar surface area (TPSA) is 19.4 Å². The Morgan fingerprint density at radius 3 is 2.24 bits per heavy atom. The van der Waals surface area contributed by atoms with Crippen molar-refractivity contribution in [3.05, 3.63) is 84.6 Å². The molecular weight excluding hydrogens is 413 g/mol. The van der Waals surface area contributed by atoms with E-state index in [0.717, 1.165) is 12.1 Å². The van der Waals surface area contributed by atoms with E-state index < -0.39 is 0 Å². The number of benzene rings is 3. The minimum Gasteiger partial charge on any atom is -0.345 e. The summed E-state index contributed by atoms with van der Waals surface area (Å²) in [6.45, 7) is 7.08. The molecule has 168 valence electrons. The molecule has 2 aliphatic rings. The van der Waals surface area contributed by atoms with E-state index in [1.165, 1.54) is 50.3 Å². The van der Waals surface area contributed by atoms with Gasteiger partial charge in [-0.2, -0.15) is 0 Å². The van der Waals surface area contributed by atoms with E-state index in [0.29, 0.717) is 0 Å². The standard InChI is InChI=1S/C30H30BN3/c1-30(2,3)19-20-16-17-32-24(18-20)21-10-8-12-23-29(21)34(5)27-15-9-14-26-28(27)31(23)22-11-6-7-13-25(22)33(26)4/h6-18H,19H2,1-5H3. The zero-order chi connectivity index (χ0) is 23.6. The summed E-state index contributed by atoms with van der Waals surface area (Å²) < 4.78 is 0. The molecule has 0 saturated carbocycles. The molecule has 4 heteroatoms. The van der Waals surface area contributed by atoms with E-state index >= 15 is 0 Å². The van der Waals surface area contributed by atoms with Crippen LogP contribution in [-0.4, -0.2) is 25.8 Å². The summed E-state index contributed by atoms with van der Waals surface area (Å²) >= 11 is 0. The largest absolute Gasteiger partial charge is 0.345 e. The first kappa shape index (κ1) is 21.0. The van der Waals surface area contributed by atoms with E-state index in [1.54, 1.807) is 0 Å². The van der Waals surface area contributed by atoms with E-state index in [4.69, 9.17) is 4.98 Å². The van der Waals surface area contributed by atoms with Gasteiger partial charge in [0.1, 0.15) is 0 Å². The van der Waals surface area contributed by atoms with Crippen molar-refractivity contribution < 1.29 is 0 Å². The predicted molar refractivity (Wildman–Crippen MR) is 146 cm³/mol. The Morgan fingerprint density at radius 1 is 0.765 bits per heavy atom. The minimum absolute atomic E-state index is 0.211. The molecule has 2 aliphatic heterocycles. The fourth-order valence-corrected chi connectivity index (χ4v) is 5.91. The van der Waals surface area contributed by atoms with Crippen molar-refractivity contribution in [2.45, 2.75) is 27.2 Å². The van der Waals surface area contributed by atoms with Gasteiger partial charge in [-0.1, -0.05) is 63.2 Å². The van der Waals surface area contributed by atoms with Crippen LogP contribution in [0, 0.1) is 5.41 Å². The van der Waals surface area contributed by atoms with E-state index in [-0.39, 0.29) is 12.1 Å². The molecule has 3 aromatic carbocycles. The van der Waals surface area contributed by atoms with Gasteiger partial charge in [0, 0.05) is 48.6 Å². The molecule has 3 nitrogen and oxygen atoms in total. The van der Waals surface area contributed by atoms with Crippen LogP contribution in [0.3, 0.4) is 0 Å². The molecule has 0 N–H and O–H groups in total. The molecule has 0 fully saturated rings.